The third-order valence-corrected chi connectivity index (χ3v) is 5.10. The normalized spacial score (nSPS) is 11.2. The number of carbonyl (C=O) groups excluding carboxylic acids is 1. The van der Waals surface area contributed by atoms with Gasteiger partial charge in [-0.1, -0.05) is 6.07 Å². The number of hydrogen-bond donors (Lipinski definition) is 2. The van der Waals surface area contributed by atoms with Gasteiger partial charge in [0.1, 0.15) is 11.6 Å². The van der Waals surface area contributed by atoms with Gasteiger partial charge in [0.05, 0.1) is 16.3 Å². The number of hydrogen-bond acceptors (Lipinski definition) is 7. The van der Waals surface area contributed by atoms with Crippen LogP contribution >= 0.6 is 0 Å². The van der Waals surface area contributed by atoms with Crippen LogP contribution in [0.1, 0.15) is 18.4 Å². The topological polar surface area (TPSA) is 114 Å². The second-order valence-corrected chi connectivity index (χ2v) is 8.68. The zero-order valence-electron chi connectivity index (χ0n) is 16.5. The van der Waals surface area contributed by atoms with Gasteiger partial charge >= 0.3 is 0 Å². The van der Waals surface area contributed by atoms with E-state index in [1.54, 1.807) is 37.4 Å². The highest BCUT2D eigenvalue weighted by atomic mass is 32.2. The lowest BCUT2D eigenvalue weighted by molar-refractivity contribution is -0.114. The van der Waals surface area contributed by atoms with Crippen molar-refractivity contribution in [3.8, 4) is 11.3 Å². The number of aromatic nitrogens is 3. The molecular formula is C20H21N5O3S. The summed E-state index contributed by atoms with van der Waals surface area (Å²) in [6, 6.07) is 10.0. The van der Waals surface area contributed by atoms with Crippen LogP contribution in [0.2, 0.25) is 0 Å². The Labute approximate surface area is 169 Å². The molecule has 2 N–H and O–H groups in total. The Kier molecular flexibility index (Phi) is 5.60. The fraction of sp³-hybridized carbons (Fsp3) is 0.200. The van der Waals surface area contributed by atoms with Crippen molar-refractivity contribution in [1.82, 2.24) is 15.0 Å². The second-order valence-electron chi connectivity index (χ2n) is 6.66. The van der Waals surface area contributed by atoms with E-state index in [2.05, 4.69) is 25.6 Å². The van der Waals surface area contributed by atoms with Crippen LogP contribution in [-0.4, -0.2) is 35.5 Å². The van der Waals surface area contributed by atoms with E-state index in [0.29, 0.717) is 34.3 Å². The highest BCUT2D eigenvalue weighted by Gasteiger charge is 2.13. The molecule has 29 heavy (non-hydrogen) atoms. The molecule has 1 amide bonds. The number of carbonyl (C=O) groups is 1. The molecule has 0 spiro atoms. The molecule has 1 aromatic carbocycles. The van der Waals surface area contributed by atoms with Gasteiger partial charge in [0.25, 0.3) is 0 Å². The molecule has 0 aliphatic carbocycles. The molecule has 150 valence electrons. The van der Waals surface area contributed by atoms with Crippen molar-refractivity contribution in [2.24, 2.45) is 0 Å². The first kappa shape index (κ1) is 20.4. The van der Waals surface area contributed by atoms with E-state index >= 15 is 0 Å². The van der Waals surface area contributed by atoms with Gasteiger partial charge in [-0.3, -0.25) is 4.79 Å². The van der Waals surface area contributed by atoms with Gasteiger partial charge in [0.15, 0.2) is 9.84 Å². The Bertz CT molecular complexity index is 1170. The van der Waals surface area contributed by atoms with Gasteiger partial charge < -0.3 is 10.6 Å². The van der Waals surface area contributed by atoms with Crippen molar-refractivity contribution in [3.63, 3.8) is 0 Å². The lowest BCUT2D eigenvalue weighted by Gasteiger charge is -2.14. The quantitative estimate of drug-likeness (QED) is 0.662. The maximum atomic E-state index is 11.9. The molecule has 2 aromatic heterocycles. The van der Waals surface area contributed by atoms with Crippen molar-refractivity contribution >= 4 is 32.9 Å². The first-order chi connectivity index (χ1) is 13.6. The number of anilines is 3. The van der Waals surface area contributed by atoms with Gasteiger partial charge in [-0.05, 0) is 38.1 Å². The molecule has 0 saturated carbocycles. The number of aryl methyl sites for hydroxylation is 2. The third-order valence-electron chi connectivity index (χ3n) is 3.99. The molecule has 0 atom stereocenters. The van der Waals surface area contributed by atoms with Crippen molar-refractivity contribution in [2.45, 2.75) is 25.7 Å². The predicted octanol–water partition coefficient (Wildman–Crippen LogP) is 3.26. The largest absolute Gasteiger partial charge is 0.355 e. The molecule has 0 aliphatic heterocycles. The molecule has 3 rings (SSSR count). The lowest BCUT2D eigenvalue weighted by Crippen LogP contribution is -2.08. The Morgan fingerprint density at radius 3 is 2.48 bits per heavy atom. The average molecular weight is 411 g/mol. The summed E-state index contributed by atoms with van der Waals surface area (Å²) in [5.74, 6) is 0.741. The number of amides is 1. The van der Waals surface area contributed by atoms with E-state index in [9.17, 15) is 13.2 Å². The fourth-order valence-electron chi connectivity index (χ4n) is 2.83. The second kappa shape index (κ2) is 7.96. The van der Waals surface area contributed by atoms with Crippen LogP contribution in [-0.2, 0) is 14.6 Å². The third kappa shape index (κ3) is 5.14. The molecule has 3 aromatic rings. The summed E-state index contributed by atoms with van der Waals surface area (Å²) in [5, 5.41) is 5.87. The molecule has 0 aliphatic rings. The molecular weight excluding hydrogens is 390 g/mol. The van der Waals surface area contributed by atoms with Gasteiger partial charge in [0, 0.05) is 42.4 Å². The first-order valence-electron chi connectivity index (χ1n) is 8.79. The van der Waals surface area contributed by atoms with E-state index in [-0.39, 0.29) is 10.8 Å². The minimum atomic E-state index is -3.35. The predicted molar refractivity (Wildman–Crippen MR) is 112 cm³/mol. The minimum absolute atomic E-state index is 0.203. The first-order valence-corrected chi connectivity index (χ1v) is 10.7. The molecule has 0 unspecified atom stereocenters. The fourth-order valence-corrected chi connectivity index (χ4v) is 3.49. The summed E-state index contributed by atoms with van der Waals surface area (Å²) in [6.07, 6.45) is 2.76. The number of nitrogens with zero attached hydrogens (tertiary/aromatic N) is 3. The summed E-state index contributed by atoms with van der Waals surface area (Å²) in [5.41, 5.74) is 3.36. The van der Waals surface area contributed by atoms with Crippen LogP contribution < -0.4 is 10.6 Å². The smallest absolute Gasteiger partial charge is 0.222 e. The van der Waals surface area contributed by atoms with E-state index in [0.717, 1.165) is 11.9 Å². The van der Waals surface area contributed by atoms with Gasteiger partial charge in [-0.2, -0.15) is 0 Å². The monoisotopic (exact) mass is 411 g/mol. The molecule has 0 fully saturated rings. The van der Waals surface area contributed by atoms with Crippen LogP contribution in [0, 0.1) is 13.8 Å². The van der Waals surface area contributed by atoms with Crippen LogP contribution in [0.15, 0.2) is 47.5 Å². The highest BCUT2D eigenvalue weighted by molar-refractivity contribution is 7.90. The van der Waals surface area contributed by atoms with E-state index < -0.39 is 9.84 Å². The van der Waals surface area contributed by atoms with E-state index in [1.807, 2.05) is 13.0 Å². The average Bonchev–Trinajstić information content (AvgIpc) is 2.60. The van der Waals surface area contributed by atoms with Crippen LogP contribution in [0.5, 0.6) is 0 Å². The van der Waals surface area contributed by atoms with Crippen LogP contribution in [0.3, 0.4) is 0 Å². The SMILES string of the molecule is CC(=O)Nc1cc(Nc2cccc(S(C)(=O)=O)c2)c(-c2cc(C)nc(C)n2)cn1. The summed E-state index contributed by atoms with van der Waals surface area (Å²) in [6.45, 7) is 5.08. The van der Waals surface area contributed by atoms with Gasteiger partial charge in [0.2, 0.25) is 5.91 Å². The number of sulfone groups is 1. The summed E-state index contributed by atoms with van der Waals surface area (Å²) in [4.78, 5) is 24.7. The Morgan fingerprint density at radius 1 is 1.07 bits per heavy atom. The van der Waals surface area contributed by atoms with Crippen LogP contribution in [0.4, 0.5) is 17.2 Å². The summed E-state index contributed by atoms with van der Waals surface area (Å²) >= 11 is 0. The highest BCUT2D eigenvalue weighted by Crippen LogP contribution is 2.31. The Balaban J connectivity index is 2.10. The van der Waals surface area contributed by atoms with Crippen molar-refractivity contribution in [2.75, 3.05) is 16.9 Å². The Hall–Kier alpha value is -3.33. The molecule has 0 radical (unpaired) electrons. The van der Waals surface area contributed by atoms with Crippen molar-refractivity contribution in [1.29, 1.82) is 0 Å². The molecule has 9 heteroatoms. The van der Waals surface area contributed by atoms with Gasteiger partial charge in [-0.25, -0.2) is 23.4 Å². The maximum absolute atomic E-state index is 11.9. The van der Waals surface area contributed by atoms with Gasteiger partial charge in [-0.15, -0.1) is 0 Å². The number of pyridine rings is 1. The summed E-state index contributed by atoms with van der Waals surface area (Å²) in [7, 11) is -3.35. The zero-order valence-corrected chi connectivity index (χ0v) is 17.3. The van der Waals surface area contributed by atoms with E-state index in [4.69, 9.17) is 0 Å². The van der Waals surface area contributed by atoms with E-state index in [1.165, 1.54) is 13.0 Å². The van der Waals surface area contributed by atoms with Crippen molar-refractivity contribution in [3.05, 3.63) is 54.1 Å². The van der Waals surface area contributed by atoms with Crippen LogP contribution in [0.25, 0.3) is 11.3 Å². The lowest BCUT2D eigenvalue weighted by atomic mass is 10.1. The minimum Gasteiger partial charge on any atom is -0.355 e. The molecule has 2 heterocycles. The maximum Gasteiger partial charge on any atom is 0.222 e. The molecule has 0 bridgehead atoms. The number of benzene rings is 1. The number of rotatable bonds is 5. The van der Waals surface area contributed by atoms with Crippen molar-refractivity contribution < 1.29 is 13.2 Å². The Morgan fingerprint density at radius 2 is 1.83 bits per heavy atom. The number of nitrogens with one attached hydrogen (secondary N) is 2. The molecule has 8 nitrogen and oxygen atoms in total. The molecule has 0 saturated heterocycles. The standard InChI is InChI=1S/C20H21N5O3S/c1-12-8-18(23-13(2)22-12)17-11-21-20(24-14(3)26)10-19(17)25-15-6-5-7-16(9-15)29(4,27)28/h5-11H,1-4H3,(H2,21,24,25,26). The summed E-state index contributed by atoms with van der Waals surface area (Å²) < 4.78 is 23.7. The zero-order chi connectivity index (χ0) is 21.2.